The third-order valence-electron chi connectivity index (χ3n) is 5.09. The van der Waals surface area contributed by atoms with Crippen molar-refractivity contribution in [1.29, 1.82) is 0 Å². The Morgan fingerprint density at radius 2 is 1.92 bits per heavy atom. The van der Waals surface area contributed by atoms with Crippen LogP contribution in [0.4, 0.5) is 5.69 Å². The molecular weight excluding hydrogens is 345 g/mol. The molecule has 0 saturated carbocycles. The number of fused-ring (bicyclic) bond motifs is 3. The van der Waals surface area contributed by atoms with Crippen molar-refractivity contribution in [1.82, 2.24) is 0 Å². The van der Waals surface area contributed by atoms with E-state index < -0.39 is 10.1 Å². The molecule has 0 radical (unpaired) electrons. The van der Waals surface area contributed by atoms with Gasteiger partial charge in [-0.3, -0.25) is 0 Å². The Morgan fingerprint density at radius 1 is 1.20 bits per heavy atom. The minimum absolute atomic E-state index is 0. The summed E-state index contributed by atoms with van der Waals surface area (Å²) in [4.78, 5) is 0. The fraction of sp³-hybridized carbons (Fsp3) is 0.421. The van der Waals surface area contributed by atoms with Crippen LogP contribution in [0.2, 0.25) is 0 Å². The Hall–Kier alpha value is -0.720. The van der Waals surface area contributed by atoms with Crippen LogP contribution in [0.25, 0.3) is 10.8 Å². The van der Waals surface area contributed by atoms with E-state index in [1.54, 1.807) is 0 Å². The molecule has 0 N–H and O–H groups in total. The minimum Gasteiger partial charge on any atom is -0.748 e. The van der Waals surface area contributed by atoms with Gasteiger partial charge in [0.25, 0.3) is 0 Å². The van der Waals surface area contributed by atoms with Gasteiger partial charge in [0.1, 0.15) is 6.54 Å². The Morgan fingerprint density at radius 3 is 2.60 bits per heavy atom. The molecule has 4 nitrogen and oxygen atoms in total. The third kappa shape index (κ3) is 4.01. The molecule has 0 saturated heterocycles. The van der Waals surface area contributed by atoms with Gasteiger partial charge < -0.3 is 4.55 Å². The zero-order chi connectivity index (χ0) is 17.5. The number of rotatable bonds is 5. The molecule has 3 rings (SSSR count). The number of hydrogen-bond donors (Lipinski definition) is 0. The van der Waals surface area contributed by atoms with Crippen molar-refractivity contribution in [2.75, 3.05) is 12.3 Å². The number of unbranched alkanes of at least 4 members (excludes halogenated alkanes) is 1. The first-order valence-electron chi connectivity index (χ1n) is 8.20. The van der Waals surface area contributed by atoms with Crippen LogP contribution in [-0.4, -0.2) is 35.6 Å². The van der Waals surface area contributed by atoms with Crippen molar-refractivity contribution in [2.24, 2.45) is 0 Å². The van der Waals surface area contributed by atoms with E-state index in [0.717, 1.165) is 6.54 Å². The van der Waals surface area contributed by atoms with Gasteiger partial charge in [0, 0.05) is 24.7 Å². The minimum atomic E-state index is -4.12. The quantitative estimate of drug-likeness (QED) is 0.252. The molecule has 25 heavy (non-hydrogen) atoms. The maximum Gasteiger partial charge on any atom is 1.00 e. The SMILES string of the molecule is CC1=[N+](CCCCS(=O)(=O)[O-])c2ccc3c[c-]ccc3c2C1(C)C.[Na+]. The van der Waals surface area contributed by atoms with E-state index in [2.05, 4.69) is 49.6 Å². The molecular formula is C19H22NNaO3S. The van der Waals surface area contributed by atoms with E-state index in [1.807, 2.05) is 12.1 Å². The zero-order valence-electron chi connectivity index (χ0n) is 15.3. The van der Waals surface area contributed by atoms with Crippen molar-refractivity contribution >= 4 is 32.3 Å². The topological polar surface area (TPSA) is 60.2 Å². The van der Waals surface area contributed by atoms with Gasteiger partial charge in [-0.05, 0) is 26.3 Å². The van der Waals surface area contributed by atoms with Gasteiger partial charge >= 0.3 is 29.6 Å². The van der Waals surface area contributed by atoms with Crippen LogP contribution < -0.4 is 29.6 Å². The Kier molecular flexibility index (Phi) is 6.17. The van der Waals surface area contributed by atoms with E-state index >= 15 is 0 Å². The van der Waals surface area contributed by atoms with Gasteiger partial charge in [0.2, 0.25) is 5.69 Å². The summed E-state index contributed by atoms with van der Waals surface area (Å²) in [5.41, 5.74) is 3.66. The maximum atomic E-state index is 10.8. The molecule has 2 aromatic rings. The molecule has 0 amide bonds. The van der Waals surface area contributed by atoms with Crippen molar-refractivity contribution < 1.29 is 47.1 Å². The van der Waals surface area contributed by atoms with Crippen LogP contribution in [0.5, 0.6) is 0 Å². The monoisotopic (exact) mass is 367 g/mol. The summed E-state index contributed by atoms with van der Waals surface area (Å²) < 4.78 is 34.6. The molecule has 2 aromatic carbocycles. The molecule has 0 atom stereocenters. The summed E-state index contributed by atoms with van der Waals surface area (Å²) in [5.74, 6) is -0.288. The van der Waals surface area contributed by atoms with Crippen LogP contribution in [-0.2, 0) is 15.5 Å². The second kappa shape index (κ2) is 7.49. The second-order valence-electron chi connectivity index (χ2n) is 6.94. The fourth-order valence-corrected chi connectivity index (χ4v) is 4.17. The van der Waals surface area contributed by atoms with E-state index in [9.17, 15) is 13.0 Å². The maximum absolute atomic E-state index is 10.8. The molecule has 0 bridgehead atoms. The van der Waals surface area contributed by atoms with Gasteiger partial charge in [-0.2, -0.15) is 28.8 Å². The van der Waals surface area contributed by atoms with Gasteiger partial charge in [0.15, 0.2) is 5.71 Å². The predicted octanol–water partition coefficient (Wildman–Crippen LogP) is 0.365. The first-order chi connectivity index (χ1) is 11.2. The van der Waals surface area contributed by atoms with E-state index in [4.69, 9.17) is 0 Å². The smallest absolute Gasteiger partial charge is 0.748 e. The summed E-state index contributed by atoms with van der Waals surface area (Å²) >= 11 is 0. The number of nitrogens with zero attached hydrogens (tertiary/aromatic N) is 1. The molecule has 1 aliphatic heterocycles. The Balaban J connectivity index is 0.00000225. The van der Waals surface area contributed by atoms with Crippen molar-refractivity contribution in [3.05, 3.63) is 42.0 Å². The van der Waals surface area contributed by atoms with Crippen molar-refractivity contribution in [3.63, 3.8) is 0 Å². The molecule has 128 valence electrons. The largest absolute Gasteiger partial charge is 1.00 e. The predicted molar refractivity (Wildman–Crippen MR) is 95.1 cm³/mol. The molecule has 1 aliphatic rings. The van der Waals surface area contributed by atoms with Crippen LogP contribution in [0.1, 0.15) is 39.2 Å². The molecule has 0 aliphatic carbocycles. The molecule has 1 heterocycles. The second-order valence-corrected chi connectivity index (χ2v) is 8.46. The first kappa shape index (κ1) is 20.6. The van der Waals surface area contributed by atoms with Gasteiger partial charge in [0.05, 0.1) is 15.5 Å². The fourth-order valence-electron chi connectivity index (χ4n) is 3.62. The standard InChI is InChI=1S/C19H23NO3S.Na/c1-14-19(2,3)18-16-9-5-4-8-15(16)10-11-17(18)20(14)12-6-7-13-24(21,22)23;/h5,8-11H,6-7,12-13H2,1-3H3,(H,21,22,23);/q;+1/p-1. The molecule has 0 fully saturated rings. The molecule has 0 spiro atoms. The van der Waals surface area contributed by atoms with E-state index in [1.165, 1.54) is 27.7 Å². The number of benzene rings is 2. The molecule has 0 unspecified atom stereocenters. The molecule has 0 aromatic heterocycles. The van der Waals surface area contributed by atoms with Gasteiger partial charge in [-0.25, -0.2) is 8.42 Å². The average Bonchev–Trinajstić information content (AvgIpc) is 2.71. The summed E-state index contributed by atoms with van der Waals surface area (Å²) in [7, 11) is -4.12. The summed E-state index contributed by atoms with van der Waals surface area (Å²) in [6.45, 7) is 7.30. The van der Waals surface area contributed by atoms with Gasteiger partial charge in [-0.15, -0.1) is 16.8 Å². The van der Waals surface area contributed by atoms with Crippen LogP contribution in [0, 0.1) is 6.07 Å². The van der Waals surface area contributed by atoms with Crippen LogP contribution >= 0.6 is 0 Å². The molecule has 6 heteroatoms. The average molecular weight is 367 g/mol. The summed E-state index contributed by atoms with van der Waals surface area (Å²) in [6, 6.07) is 13.4. The summed E-state index contributed by atoms with van der Waals surface area (Å²) in [5, 5.41) is 2.41. The first-order valence-corrected chi connectivity index (χ1v) is 9.78. The van der Waals surface area contributed by atoms with Crippen molar-refractivity contribution in [3.8, 4) is 0 Å². The van der Waals surface area contributed by atoms with Crippen molar-refractivity contribution in [2.45, 2.75) is 39.0 Å². The number of hydrogen-bond acceptors (Lipinski definition) is 3. The summed E-state index contributed by atoms with van der Waals surface area (Å²) in [6.07, 6.45) is 1.07. The van der Waals surface area contributed by atoms with Crippen LogP contribution in [0.3, 0.4) is 0 Å². The third-order valence-corrected chi connectivity index (χ3v) is 5.88. The van der Waals surface area contributed by atoms with E-state index in [0.29, 0.717) is 12.8 Å². The Bertz CT molecular complexity index is 933. The normalized spacial score (nSPS) is 16.0. The zero-order valence-corrected chi connectivity index (χ0v) is 18.1. The van der Waals surface area contributed by atoms with Crippen LogP contribution in [0.15, 0.2) is 30.3 Å². The van der Waals surface area contributed by atoms with E-state index in [-0.39, 0.29) is 40.7 Å². The Labute approximate surface area is 172 Å². The van der Waals surface area contributed by atoms with Gasteiger partial charge in [-0.1, -0.05) is 0 Å².